The molecule has 1 amide bonds. The maximum absolute atomic E-state index is 12.1. The molecular weight excluding hydrogens is 228 g/mol. The Bertz CT molecular complexity index is 442. The fourth-order valence-corrected chi connectivity index (χ4v) is 2.68. The van der Waals surface area contributed by atoms with Gasteiger partial charge in [0.1, 0.15) is 6.04 Å². The molecule has 0 saturated carbocycles. The predicted molar refractivity (Wildman–Crippen MR) is 68.3 cm³/mol. The minimum atomic E-state index is -0.195. The van der Waals surface area contributed by atoms with E-state index in [2.05, 4.69) is 39.9 Å². The molecule has 1 aliphatic carbocycles. The van der Waals surface area contributed by atoms with Crippen LogP contribution in [0.25, 0.3) is 0 Å². The number of nitrogens with one attached hydrogen (secondary N) is 4. The lowest BCUT2D eigenvalue weighted by atomic mass is 9.87. The first-order chi connectivity index (χ1) is 8.84. The van der Waals surface area contributed by atoms with Crippen molar-refractivity contribution >= 4 is 5.91 Å². The van der Waals surface area contributed by atoms with Crippen LogP contribution in [0.5, 0.6) is 0 Å². The lowest BCUT2D eigenvalue weighted by Crippen LogP contribution is -2.46. The average molecular weight is 246 g/mol. The summed E-state index contributed by atoms with van der Waals surface area (Å²) < 4.78 is 0. The molecule has 0 radical (unpaired) electrons. The van der Waals surface area contributed by atoms with Crippen molar-refractivity contribution in [2.75, 3.05) is 6.54 Å². The Hall–Kier alpha value is -1.43. The molecule has 4 N–H and O–H groups in total. The lowest BCUT2D eigenvalue weighted by Gasteiger charge is -2.27. The van der Waals surface area contributed by atoms with E-state index in [1.165, 1.54) is 11.1 Å². The van der Waals surface area contributed by atoms with Crippen LogP contribution in [0.1, 0.15) is 30.0 Å². The quantitative estimate of drug-likeness (QED) is 0.600. The summed E-state index contributed by atoms with van der Waals surface area (Å²) in [4.78, 5) is 12.1. The summed E-state index contributed by atoms with van der Waals surface area (Å²) in [5.74, 6) is 0.0502. The number of amides is 1. The fraction of sp³-hybridized carbons (Fsp3) is 0.462. The van der Waals surface area contributed by atoms with Crippen LogP contribution in [0.15, 0.2) is 24.3 Å². The van der Waals surface area contributed by atoms with E-state index in [4.69, 9.17) is 0 Å². The van der Waals surface area contributed by atoms with Gasteiger partial charge in [0.05, 0.1) is 6.04 Å². The Morgan fingerprint density at radius 2 is 2.22 bits per heavy atom. The topological polar surface area (TPSA) is 65.2 Å². The zero-order valence-electron chi connectivity index (χ0n) is 10.2. The van der Waals surface area contributed by atoms with Gasteiger partial charge in [-0.25, -0.2) is 10.9 Å². The zero-order valence-corrected chi connectivity index (χ0v) is 10.2. The van der Waals surface area contributed by atoms with Gasteiger partial charge in [-0.05, 0) is 30.4 Å². The van der Waals surface area contributed by atoms with Gasteiger partial charge in [-0.1, -0.05) is 24.3 Å². The molecular formula is C13H18N4O. The van der Waals surface area contributed by atoms with Crippen LogP contribution in [0, 0.1) is 0 Å². The predicted octanol–water partition coefficient (Wildman–Crippen LogP) is 0.161. The Morgan fingerprint density at radius 1 is 1.33 bits per heavy atom. The third kappa shape index (κ3) is 2.25. The Kier molecular flexibility index (Phi) is 3.27. The number of carbonyl (C=O) groups excluding carboxylic acids is 1. The molecule has 3 rings (SSSR count). The van der Waals surface area contributed by atoms with Crippen LogP contribution in [-0.2, 0) is 11.2 Å². The second kappa shape index (κ2) is 5.06. The molecule has 2 unspecified atom stereocenters. The smallest absolute Gasteiger partial charge is 0.240 e. The first-order valence-electron chi connectivity index (χ1n) is 6.46. The fourth-order valence-electron chi connectivity index (χ4n) is 2.68. The number of rotatable bonds is 2. The van der Waals surface area contributed by atoms with Crippen molar-refractivity contribution in [2.45, 2.75) is 31.3 Å². The number of benzene rings is 1. The monoisotopic (exact) mass is 246 g/mol. The van der Waals surface area contributed by atoms with Gasteiger partial charge in [0.2, 0.25) is 5.91 Å². The number of carbonyl (C=O) groups is 1. The summed E-state index contributed by atoms with van der Waals surface area (Å²) in [6.45, 7) is 0.611. The van der Waals surface area contributed by atoms with Gasteiger partial charge in [0, 0.05) is 6.54 Å². The van der Waals surface area contributed by atoms with Crippen LogP contribution in [0.4, 0.5) is 0 Å². The van der Waals surface area contributed by atoms with Crippen LogP contribution < -0.4 is 21.7 Å². The first kappa shape index (κ1) is 11.6. The van der Waals surface area contributed by atoms with E-state index in [0.717, 1.165) is 19.3 Å². The standard InChI is InChI=1S/C13H18N4O/c18-13(12-8-14-17-16-12)15-11-7-3-5-9-4-1-2-6-10(9)11/h1-2,4,6,11-12,14,16-17H,3,5,7-8H2,(H,15,18). The third-order valence-electron chi connectivity index (χ3n) is 3.64. The SMILES string of the molecule is O=C(NC1CCCc2ccccc21)C1CNNN1. The number of hydrazine groups is 2. The van der Waals surface area contributed by atoms with Crippen molar-refractivity contribution in [3.63, 3.8) is 0 Å². The Morgan fingerprint density at radius 3 is 3.06 bits per heavy atom. The van der Waals surface area contributed by atoms with E-state index in [1.807, 2.05) is 6.07 Å². The van der Waals surface area contributed by atoms with E-state index in [0.29, 0.717) is 6.54 Å². The summed E-state index contributed by atoms with van der Waals surface area (Å²) in [6.07, 6.45) is 3.28. The molecule has 5 heteroatoms. The van der Waals surface area contributed by atoms with Gasteiger partial charge in [-0.2, -0.15) is 5.53 Å². The summed E-state index contributed by atoms with van der Waals surface area (Å²) in [6, 6.07) is 8.35. The second-order valence-electron chi connectivity index (χ2n) is 4.86. The Balaban J connectivity index is 1.72. The number of aryl methyl sites for hydroxylation is 1. The molecule has 1 fully saturated rings. The first-order valence-corrected chi connectivity index (χ1v) is 6.46. The minimum Gasteiger partial charge on any atom is -0.348 e. The van der Waals surface area contributed by atoms with Gasteiger partial charge in [-0.3, -0.25) is 4.79 Å². The highest BCUT2D eigenvalue weighted by Gasteiger charge is 2.26. The average Bonchev–Trinajstić information content (AvgIpc) is 2.93. The molecule has 1 heterocycles. The largest absolute Gasteiger partial charge is 0.348 e. The van der Waals surface area contributed by atoms with Crippen molar-refractivity contribution in [2.24, 2.45) is 0 Å². The van der Waals surface area contributed by atoms with Crippen LogP contribution in [0.2, 0.25) is 0 Å². The number of hydrogen-bond acceptors (Lipinski definition) is 4. The molecule has 0 aromatic heterocycles. The summed E-state index contributed by atoms with van der Waals surface area (Å²) >= 11 is 0. The van der Waals surface area contributed by atoms with E-state index in [9.17, 15) is 4.79 Å². The zero-order chi connectivity index (χ0) is 12.4. The summed E-state index contributed by atoms with van der Waals surface area (Å²) in [5.41, 5.74) is 11.2. The molecule has 96 valence electrons. The van der Waals surface area contributed by atoms with Crippen molar-refractivity contribution < 1.29 is 4.79 Å². The van der Waals surface area contributed by atoms with Crippen molar-refractivity contribution in [1.82, 2.24) is 21.7 Å². The molecule has 2 atom stereocenters. The molecule has 2 aliphatic rings. The van der Waals surface area contributed by atoms with Crippen molar-refractivity contribution in [3.05, 3.63) is 35.4 Å². The van der Waals surface area contributed by atoms with Gasteiger partial charge in [-0.15, -0.1) is 0 Å². The second-order valence-corrected chi connectivity index (χ2v) is 4.86. The number of fused-ring (bicyclic) bond motifs is 1. The highest BCUT2D eigenvalue weighted by molar-refractivity contribution is 5.82. The van der Waals surface area contributed by atoms with E-state index < -0.39 is 0 Å². The number of hydrogen-bond donors (Lipinski definition) is 4. The third-order valence-corrected chi connectivity index (χ3v) is 3.64. The van der Waals surface area contributed by atoms with E-state index in [-0.39, 0.29) is 18.0 Å². The van der Waals surface area contributed by atoms with Crippen LogP contribution >= 0.6 is 0 Å². The van der Waals surface area contributed by atoms with Gasteiger partial charge in [0.15, 0.2) is 0 Å². The summed E-state index contributed by atoms with van der Waals surface area (Å²) in [5, 5.41) is 3.14. The molecule has 1 aromatic carbocycles. The maximum atomic E-state index is 12.1. The molecule has 1 aromatic rings. The molecule has 1 aliphatic heterocycles. The highest BCUT2D eigenvalue weighted by atomic mass is 16.2. The van der Waals surface area contributed by atoms with Gasteiger partial charge >= 0.3 is 0 Å². The van der Waals surface area contributed by atoms with Crippen molar-refractivity contribution in [1.29, 1.82) is 0 Å². The molecule has 0 spiro atoms. The normalized spacial score (nSPS) is 26.7. The molecule has 18 heavy (non-hydrogen) atoms. The lowest BCUT2D eigenvalue weighted by molar-refractivity contribution is -0.123. The van der Waals surface area contributed by atoms with E-state index in [1.54, 1.807) is 0 Å². The minimum absolute atomic E-state index is 0.0502. The van der Waals surface area contributed by atoms with Gasteiger partial charge in [0.25, 0.3) is 0 Å². The van der Waals surface area contributed by atoms with Crippen molar-refractivity contribution in [3.8, 4) is 0 Å². The molecule has 0 bridgehead atoms. The maximum Gasteiger partial charge on any atom is 0.240 e. The Labute approximate surface area is 106 Å². The van der Waals surface area contributed by atoms with Crippen LogP contribution in [0.3, 0.4) is 0 Å². The molecule has 1 saturated heterocycles. The highest BCUT2D eigenvalue weighted by Crippen LogP contribution is 2.29. The molecule has 5 nitrogen and oxygen atoms in total. The van der Waals surface area contributed by atoms with Crippen LogP contribution in [-0.4, -0.2) is 18.5 Å². The van der Waals surface area contributed by atoms with E-state index >= 15 is 0 Å². The summed E-state index contributed by atoms with van der Waals surface area (Å²) in [7, 11) is 0. The van der Waals surface area contributed by atoms with Gasteiger partial charge < -0.3 is 5.32 Å².